The lowest BCUT2D eigenvalue weighted by Gasteiger charge is -2.13. The number of benzene rings is 1. The Balaban J connectivity index is 1.77. The van der Waals surface area contributed by atoms with Crippen molar-refractivity contribution in [1.29, 1.82) is 0 Å². The fourth-order valence-corrected chi connectivity index (χ4v) is 1.98. The third-order valence-electron chi connectivity index (χ3n) is 3.47. The maximum Gasteiger partial charge on any atom is 0.122 e. The molecule has 1 aromatic carbocycles. The first kappa shape index (κ1) is 13.4. The average molecular weight is 247 g/mol. The minimum atomic E-state index is 0.560. The third-order valence-corrected chi connectivity index (χ3v) is 3.47. The quantitative estimate of drug-likeness (QED) is 0.743. The van der Waals surface area contributed by atoms with E-state index in [0.717, 1.165) is 31.4 Å². The number of aryl methyl sites for hydroxylation is 1. The first-order chi connectivity index (χ1) is 8.66. The Kier molecular flexibility index (Phi) is 4.65. The molecule has 1 N–H and O–H groups in total. The van der Waals surface area contributed by atoms with Crippen LogP contribution in [0.4, 0.5) is 0 Å². The van der Waals surface area contributed by atoms with E-state index >= 15 is 0 Å². The van der Waals surface area contributed by atoms with Crippen molar-refractivity contribution in [2.75, 3.05) is 13.2 Å². The molecule has 0 atom stereocenters. The highest BCUT2D eigenvalue weighted by Crippen LogP contribution is 2.24. The summed E-state index contributed by atoms with van der Waals surface area (Å²) in [5.74, 6) is 1.61. The van der Waals surface area contributed by atoms with Crippen molar-refractivity contribution in [2.45, 2.75) is 52.0 Å². The fraction of sp³-hybridized carbons (Fsp3) is 0.625. The Hall–Kier alpha value is -1.02. The predicted octanol–water partition coefficient (Wildman–Crippen LogP) is 3.64. The van der Waals surface area contributed by atoms with Crippen LogP contribution in [0.15, 0.2) is 18.2 Å². The summed E-state index contributed by atoms with van der Waals surface area (Å²) >= 11 is 0. The molecule has 100 valence electrons. The summed E-state index contributed by atoms with van der Waals surface area (Å²) in [6, 6.07) is 7.35. The zero-order chi connectivity index (χ0) is 13.0. The highest BCUT2D eigenvalue weighted by molar-refractivity contribution is 5.37. The van der Waals surface area contributed by atoms with E-state index in [9.17, 15) is 0 Å². The maximum atomic E-state index is 5.89. The largest absolute Gasteiger partial charge is 0.493 e. The highest BCUT2D eigenvalue weighted by atomic mass is 16.5. The molecule has 2 rings (SSSR count). The molecule has 0 bridgehead atoms. The van der Waals surface area contributed by atoms with Crippen LogP contribution in [0.25, 0.3) is 0 Å². The number of rotatable bonds is 7. The van der Waals surface area contributed by atoms with Crippen molar-refractivity contribution in [3.05, 3.63) is 29.3 Å². The molecule has 1 aliphatic rings. The molecule has 0 heterocycles. The SMILES string of the molecule is Cc1ccc(C(C)C)cc1OCCCNC1CC1. The van der Waals surface area contributed by atoms with Gasteiger partial charge in [0.25, 0.3) is 0 Å². The molecule has 0 aliphatic heterocycles. The summed E-state index contributed by atoms with van der Waals surface area (Å²) in [6.07, 6.45) is 3.80. The van der Waals surface area contributed by atoms with Gasteiger partial charge in [-0.3, -0.25) is 0 Å². The van der Waals surface area contributed by atoms with E-state index in [1.165, 1.54) is 24.0 Å². The maximum absolute atomic E-state index is 5.89. The number of nitrogens with one attached hydrogen (secondary N) is 1. The Labute approximate surface area is 111 Å². The topological polar surface area (TPSA) is 21.3 Å². The van der Waals surface area contributed by atoms with E-state index in [1.807, 2.05) is 0 Å². The van der Waals surface area contributed by atoms with Gasteiger partial charge in [-0.1, -0.05) is 26.0 Å². The van der Waals surface area contributed by atoms with Crippen LogP contribution in [-0.4, -0.2) is 19.2 Å². The summed E-state index contributed by atoms with van der Waals surface area (Å²) in [6.45, 7) is 8.43. The lowest BCUT2D eigenvalue weighted by atomic mass is 10.0. The number of ether oxygens (including phenoxy) is 1. The van der Waals surface area contributed by atoms with E-state index in [1.54, 1.807) is 0 Å². The van der Waals surface area contributed by atoms with Gasteiger partial charge in [0.05, 0.1) is 6.61 Å². The monoisotopic (exact) mass is 247 g/mol. The minimum Gasteiger partial charge on any atom is -0.493 e. The lowest BCUT2D eigenvalue weighted by Crippen LogP contribution is -2.19. The summed E-state index contributed by atoms with van der Waals surface area (Å²) in [5, 5.41) is 3.51. The van der Waals surface area contributed by atoms with Crippen molar-refractivity contribution in [2.24, 2.45) is 0 Å². The summed E-state index contributed by atoms with van der Waals surface area (Å²) < 4.78 is 5.89. The molecule has 1 aromatic rings. The summed E-state index contributed by atoms with van der Waals surface area (Å²) in [4.78, 5) is 0. The van der Waals surface area contributed by atoms with Crippen LogP contribution < -0.4 is 10.1 Å². The molecule has 0 aromatic heterocycles. The van der Waals surface area contributed by atoms with Gasteiger partial charge in [0.2, 0.25) is 0 Å². The second kappa shape index (κ2) is 6.24. The van der Waals surface area contributed by atoms with Gasteiger partial charge in [0.15, 0.2) is 0 Å². The van der Waals surface area contributed by atoms with Gasteiger partial charge in [0.1, 0.15) is 5.75 Å². The van der Waals surface area contributed by atoms with Gasteiger partial charge in [-0.25, -0.2) is 0 Å². The second-order valence-electron chi connectivity index (χ2n) is 5.61. The minimum absolute atomic E-state index is 0.560. The van der Waals surface area contributed by atoms with E-state index in [-0.39, 0.29) is 0 Å². The van der Waals surface area contributed by atoms with E-state index < -0.39 is 0 Å². The van der Waals surface area contributed by atoms with Crippen molar-refractivity contribution in [3.8, 4) is 5.75 Å². The second-order valence-corrected chi connectivity index (χ2v) is 5.61. The van der Waals surface area contributed by atoms with Gasteiger partial charge in [0, 0.05) is 6.04 Å². The molecular weight excluding hydrogens is 222 g/mol. The molecule has 0 amide bonds. The predicted molar refractivity (Wildman–Crippen MR) is 76.4 cm³/mol. The van der Waals surface area contributed by atoms with Gasteiger partial charge in [-0.2, -0.15) is 0 Å². The van der Waals surface area contributed by atoms with Gasteiger partial charge < -0.3 is 10.1 Å². The molecular formula is C16H25NO. The molecule has 2 heteroatoms. The van der Waals surface area contributed by atoms with Crippen LogP contribution in [0, 0.1) is 6.92 Å². The standard InChI is InChI=1S/C16H25NO/c1-12(2)14-6-5-13(3)16(11-14)18-10-4-9-17-15-7-8-15/h5-6,11-12,15,17H,4,7-10H2,1-3H3. The lowest BCUT2D eigenvalue weighted by molar-refractivity contribution is 0.305. The fourth-order valence-electron chi connectivity index (χ4n) is 1.98. The first-order valence-corrected chi connectivity index (χ1v) is 7.13. The molecule has 18 heavy (non-hydrogen) atoms. The van der Waals surface area contributed by atoms with Crippen LogP contribution in [0.1, 0.15) is 50.2 Å². The van der Waals surface area contributed by atoms with Crippen LogP contribution >= 0.6 is 0 Å². The van der Waals surface area contributed by atoms with Crippen molar-refractivity contribution < 1.29 is 4.74 Å². The zero-order valence-corrected chi connectivity index (χ0v) is 11.8. The molecule has 0 saturated heterocycles. The summed E-state index contributed by atoms with van der Waals surface area (Å²) in [7, 11) is 0. The zero-order valence-electron chi connectivity index (χ0n) is 11.8. The molecule has 2 nitrogen and oxygen atoms in total. The molecule has 0 radical (unpaired) electrons. The van der Waals surface area contributed by atoms with Gasteiger partial charge in [-0.15, -0.1) is 0 Å². The highest BCUT2D eigenvalue weighted by Gasteiger charge is 2.19. The Bertz CT molecular complexity index is 383. The van der Waals surface area contributed by atoms with Crippen LogP contribution in [0.3, 0.4) is 0 Å². The molecule has 1 fully saturated rings. The third kappa shape index (κ3) is 4.02. The van der Waals surface area contributed by atoms with E-state index in [4.69, 9.17) is 4.74 Å². The first-order valence-electron chi connectivity index (χ1n) is 7.13. The van der Waals surface area contributed by atoms with Crippen molar-refractivity contribution in [1.82, 2.24) is 5.32 Å². The Morgan fingerprint density at radius 2 is 2.11 bits per heavy atom. The number of hydrogen-bond acceptors (Lipinski definition) is 2. The van der Waals surface area contributed by atoms with E-state index in [0.29, 0.717) is 5.92 Å². The molecule has 1 aliphatic carbocycles. The normalized spacial score (nSPS) is 15.1. The van der Waals surface area contributed by atoms with Crippen LogP contribution in [0.5, 0.6) is 5.75 Å². The average Bonchev–Trinajstić information content (AvgIpc) is 3.14. The van der Waals surface area contributed by atoms with Gasteiger partial charge >= 0.3 is 0 Å². The van der Waals surface area contributed by atoms with E-state index in [2.05, 4.69) is 44.3 Å². The Morgan fingerprint density at radius 1 is 1.33 bits per heavy atom. The smallest absolute Gasteiger partial charge is 0.122 e. The summed E-state index contributed by atoms with van der Waals surface area (Å²) in [5.41, 5.74) is 2.58. The number of hydrogen-bond donors (Lipinski definition) is 1. The Morgan fingerprint density at radius 3 is 2.78 bits per heavy atom. The van der Waals surface area contributed by atoms with Crippen molar-refractivity contribution in [3.63, 3.8) is 0 Å². The van der Waals surface area contributed by atoms with Crippen molar-refractivity contribution >= 4 is 0 Å². The molecule has 0 unspecified atom stereocenters. The van der Waals surface area contributed by atoms with Gasteiger partial charge in [-0.05, 0) is 55.8 Å². The molecule has 0 spiro atoms. The molecule has 1 saturated carbocycles. The van der Waals surface area contributed by atoms with Crippen LogP contribution in [-0.2, 0) is 0 Å². The van der Waals surface area contributed by atoms with Crippen LogP contribution in [0.2, 0.25) is 0 Å².